The number of fused-ring (bicyclic) bond motifs is 1. The Labute approximate surface area is 83.8 Å². The summed E-state index contributed by atoms with van der Waals surface area (Å²) in [5.74, 6) is 0.843. The number of hydrogen-bond donors (Lipinski definition) is 0. The van der Waals surface area contributed by atoms with E-state index >= 15 is 0 Å². The molecule has 3 nitrogen and oxygen atoms in total. The molecular weight excluding hydrogens is 174 g/mol. The summed E-state index contributed by atoms with van der Waals surface area (Å²) in [5, 5.41) is 1.16. The number of aryl methyl sites for hydroxylation is 2. The predicted octanol–water partition coefficient (Wildman–Crippen LogP) is 2.63. The van der Waals surface area contributed by atoms with Crippen LogP contribution in [0, 0.1) is 13.8 Å². The summed E-state index contributed by atoms with van der Waals surface area (Å²) in [5.41, 5.74) is 2.11. The first-order chi connectivity index (χ1) is 6.59. The van der Waals surface area contributed by atoms with Crippen LogP contribution in [0.2, 0.25) is 0 Å². The molecule has 0 aliphatic heterocycles. The molecule has 0 spiro atoms. The van der Waals surface area contributed by atoms with Gasteiger partial charge in [0.1, 0.15) is 11.5 Å². The molecule has 0 N–H and O–H groups in total. The smallest absolute Gasteiger partial charge is 0.144 e. The summed E-state index contributed by atoms with van der Waals surface area (Å²) >= 11 is 0. The van der Waals surface area contributed by atoms with Gasteiger partial charge in [-0.25, -0.2) is 9.97 Å². The summed E-state index contributed by atoms with van der Waals surface area (Å²) in [7, 11) is 0. The summed E-state index contributed by atoms with van der Waals surface area (Å²) in [6, 6.07) is 2.53. The van der Waals surface area contributed by atoms with E-state index in [1.807, 2.05) is 13.8 Å². The Morgan fingerprint density at radius 3 is 2.57 bits per heavy atom. The average Bonchev–Trinajstić information content (AvgIpc) is 2.47. The number of hydrogen-bond acceptors (Lipinski definition) is 2. The Bertz CT molecular complexity index is 469. The quantitative estimate of drug-likeness (QED) is 0.690. The van der Waals surface area contributed by atoms with Gasteiger partial charge in [0, 0.05) is 17.6 Å². The van der Waals surface area contributed by atoms with Gasteiger partial charge in [-0.1, -0.05) is 0 Å². The molecule has 0 aliphatic rings. The minimum atomic E-state index is 0.446. The Balaban J connectivity index is 2.78. The predicted molar refractivity (Wildman–Crippen MR) is 57.4 cm³/mol. The van der Waals surface area contributed by atoms with E-state index in [9.17, 15) is 0 Å². The minimum Gasteiger partial charge on any atom is -0.330 e. The van der Waals surface area contributed by atoms with Gasteiger partial charge in [-0.05, 0) is 33.8 Å². The zero-order valence-electron chi connectivity index (χ0n) is 9.07. The van der Waals surface area contributed by atoms with Crippen molar-refractivity contribution in [3.63, 3.8) is 0 Å². The lowest BCUT2D eigenvalue weighted by Gasteiger charge is -2.08. The molecule has 0 unspecified atom stereocenters. The Hall–Kier alpha value is -1.38. The molecule has 0 saturated heterocycles. The largest absolute Gasteiger partial charge is 0.330 e. The third-order valence-corrected chi connectivity index (χ3v) is 2.43. The molecule has 0 aromatic carbocycles. The molecule has 0 aliphatic carbocycles. The van der Waals surface area contributed by atoms with E-state index in [0.717, 1.165) is 22.6 Å². The first-order valence-corrected chi connectivity index (χ1v) is 4.91. The van der Waals surface area contributed by atoms with Crippen LogP contribution < -0.4 is 0 Å². The van der Waals surface area contributed by atoms with Crippen molar-refractivity contribution in [2.24, 2.45) is 0 Å². The van der Waals surface area contributed by atoms with Gasteiger partial charge in [-0.3, -0.25) is 0 Å². The third kappa shape index (κ3) is 1.29. The Morgan fingerprint density at radius 1 is 1.21 bits per heavy atom. The summed E-state index contributed by atoms with van der Waals surface area (Å²) in [4.78, 5) is 8.82. The molecule has 74 valence electrons. The first kappa shape index (κ1) is 9.19. The van der Waals surface area contributed by atoms with Crippen LogP contribution >= 0.6 is 0 Å². The molecule has 3 heteroatoms. The SMILES string of the molecule is Cc1nc(C)c2ccn(C(C)C)c2n1. The lowest BCUT2D eigenvalue weighted by Crippen LogP contribution is -2.01. The van der Waals surface area contributed by atoms with Gasteiger partial charge in [0.15, 0.2) is 0 Å². The average molecular weight is 189 g/mol. The minimum absolute atomic E-state index is 0.446. The second kappa shape index (κ2) is 3.08. The zero-order chi connectivity index (χ0) is 10.3. The highest BCUT2D eigenvalue weighted by Crippen LogP contribution is 2.19. The molecule has 0 amide bonds. The van der Waals surface area contributed by atoms with Crippen molar-refractivity contribution in [1.29, 1.82) is 0 Å². The maximum atomic E-state index is 4.47. The molecule has 2 aromatic heterocycles. The molecule has 2 aromatic rings. The van der Waals surface area contributed by atoms with Crippen molar-refractivity contribution in [3.8, 4) is 0 Å². The molecule has 0 saturated carbocycles. The molecule has 0 atom stereocenters. The molecular formula is C11H15N3. The third-order valence-electron chi connectivity index (χ3n) is 2.43. The molecule has 2 heterocycles. The fourth-order valence-corrected chi connectivity index (χ4v) is 1.74. The van der Waals surface area contributed by atoms with E-state index in [1.54, 1.807) is 0 Å². The van der Waals surface area contributed by atoms with E-state index in [2.05, 4.69) is 40.6 Å². The van der Waals surface area contributed by atoms with E-state index < -0.39 is 0 Å². The van der Waals surface area contributed by atoms with Crippen LogP contribution in [0.25, 0.3) is 11.0 Å². The molecule has 0 radical (unpaired) electrons. The van der Waals surface area contributed by atoms with Crippen LogP contribution in [0.4, 0.5) is 0 Å². The fourth-order valence-electron chi connectivity index (χ4n) is 1.74. The normalized spacial score (nSPS) is 11.5. The highest BCUT2D eigenvalue weighted by atomic mass is 15.1. The van der Waals surface area contributed by atoms with Crippen LogP contribution in [0.5, 0.6) is 0 Å². The number of nitrogens with zero attached hydrogens (tertiary/aromatic N) is 3. The monoisotopic (exact) mass is 189 g/mol. The first-order valence-electron chi connectivity index (χ1n) is 4.91. The molecule has 0 fully saturated rings. The number of aromatic nitrogens is 3. The van der Waals surface area contributed by atoms with Crippen LogP contribution in [0.1, 0.15) is 31.4 Å². The van der Waals surface area contributed by atoms with Crippen molar-refractivity contribution < 1.29 is 0 Å². The lowest BCUT2D eigenvalue weighted by atomic mass is 10.3. The maximum absolute atomic E-state index is 4.47. The van der Waals surface area contributed by atoms with Gasteiger partial charge in [0.25, 0.3) is 0 Å². The van der Waals surface area contributed by atoms with Gasteiger partial charge in [0.05, 0.1) is 5.69 Å². The Kier molecular flexibility index (Phi) is 2.02. The van der Waals surface area contributed by atoms with Gasteiger partial charge < -0.3 is 4.57 Å². The van der Waals surface area contributed by atoms with Gasteiger partial charge in [0.2, 0.25) is 0 Å². The van der Waals surface area contributed by atoms with Gasteiger partial charge in [-0.2, -0.15) is 0 Å². The van der Waals surface area contributed by atoms with E-state index in [-0.39, 0.29) is 0 Å². The van der Waals surface area contributed by atoms with Crippen LogP contribution in [0.3, 0.4) is 0 Å². The fraction of sp³-hybridized carbons (Fsp3) is 0.455. The van der Waals surface area contributed by atoms with Crippen molar-refractivity contribution in [2.75, 3.05) is 0 Å². The lowest BCUT2D eigenvalue weighted by molar-refractivity contribution is 0.617. The number of rotatable bonds is 1. The highest BCUT2D eigenvalue weighted by molar-refractivity contribution is 5.78. The molecule has 0 bridgehead atoms. The second-order valence-corrected chi connectivity index (χ2v) is 3.91. The molecule has 2 rings (SSSR count). The summed E-state index contributed by atoms with van der Waals surface area (Å²) in [6.45, 7) is 8.28. The second-order valence-electron chi connectivity index (χ2n) is 3.91. The summed E-state index contributed by atoms with van der Waals surface area (Å²) < 4.78 is 2.18. The van der Waals surface area contributed by atoms with E-state index in [0.29, 0.717) is 6.04 Å². The van der Waals surface area contributed by atoms with Crippen LogP contribution in [-0.4, -0.2) is 14.5 Å². The zero-order valence-corrected chi connectivity index (χ0v) is 9.07. The summed E-state index contributed by atoms with van der Waals surface area (Å²) in [6.07, 6.45) is 2.08. The highest BCUT2D eigenvalue weighted by Gasteiger charge is 2.08. The molecule has 14 heavy (non-hydrogen) atoms. The standard InChI is InChI=1S/C11H15N3/c1-7(2)14-6-5-10-8(3)12-9(4)13-11(10)14/h5-7H,1-4H3. The Morgan fingerprint density at radius 2 is 1.93 bits per heavy atom. The maximum Gasteiger partial charge on any atom is 0.144 e. The van der Waals surface area contributed by atoms with E-state index in [4.69, 9.17) is 0 Å². The van der Waals surface area contributed by atoms with Gasteiger partial charge >= 0.3 is 0 Å². The van der Waals surface area contributed by atoms with Crippen molar-refractivity contribution in [3.05, 3.63) is 23.8 Å². The van der Waals surface area contributed by atoms with Gasteiger partial charge in [-0.15, -0.1) is 0 Å². The van der Waals surface area contributed by atoms with Crippen molar-refractivity contribution >= 4 is 11.0 Å². The van der Waals surface area contributed by atoms with Crippen LogP contribution in [-0.2, 0) is 0 Å². The van der Waals surface area contributed by atoms with Crippen LogP contribution in [0.15, 0.2) is 12.3 Å². The van der Waals surface area contributed by atoms with Crippen molar-refractivity contribution in [1.82, 2.24) is 14.5 Å². The topological polar surface area (TPSA) is 30.7 Å². The van der Waals surface area contributed by atoms with E-state index in [1.165, 1.54) is 0 Å². The van der Waals surface area contributed by atoms with Crippen molar-refractivity contribution in [2.45, 2.75) is 33.7 Å².